The fourth-order valence-electron chi connectivity index (χ4n) is 3.53. The summed E-state index contributed by atoms with van der Waals surface area (Å²) in [7, 11) is 0. The fraction of sp³-hybridized carbons (Fsp3) is 0.0833. The van der Waals surface area contributed by atoms with E-state index >= 15 is 0 Å². The minimum atomic E-state index is -1.48. The number of rotatable bonds is 4. The van der Waals surface area contributed by atoms with Crippen LogP contribution in [0.15, 0.2) is 89.0 Å². The fourth-order valence-corrected chi connectivity index (χ4v) is 3.65. The maximum Gasteiger partial charge on any atom is 0.280 e. The Labute approximate surface area is 195 Å². The summed E-state index contributed by atoms with van der Waals surface area (Å²) < 4.78 is 0. The van der Waals surface area contributed by atoms with E-state index in [0.29, 0.717) is 27.4 Å². The van der Waals surface area contributed by atoms with Crippen molar-refractivity contribution in [2.45, 2.75) is 5.60 Å². The van der Waals surface area contributed by atoms with Crippen molar-refractivity contribution in [1.82, 2.24) is 5.01 Å². The van der Waals surface area contributed by atoms with Gasteiger partial charge in [-0.25, -0.2) is 5.01 Å². The number of nitrogens with one attached hydrogen (secondary N) is 1. The number of hydrazone groups is 1. The first-order valence-corrected chi connectivity index (χ1v) is 10.4. The van der Waals surface area contributed by atoms with Crippen molar-refractivity contribution < 1.29 is 9.90 Å². The zero-order valence-corrected chi connectivity index (χ0v) is 18.2. The second kappa shape index (κ2) is 8.85. The Morgan fingerprint density at radius 2 is 1.61 bits per heavy atom. The third-order valence-electron chi connectivity index (χ3n) is 5.28. The van der Waals surface area contributed by atoms with E-state index < -0.39 is 11.5 Å². The number of nitrogens with two attached hydrogens (primary N) is 2. The molecule has 9 heteroatoms. The van der Waals surface area contributed by atoms with Gasteiger partial charge in [0.05, 0.1) is 6.54 Å². The smallest absolute Gasteiger partial charge is 0.280 e. The van der Waals surface area contributed by atoms with Gasteiger partial charge in [-0.05, 0) is 29.8 Å². The number of benzene rings is 3. The SMILES string of the molecule is N=C(N)c1ccc(C(=O)N=C(N)N2CC(O)(c3ccccc3)C(c3ccc(Cl)cc3)=N2)cc1. The number of aliphatic imine (C=N–C) groups is 1. The first-order valence-electron chi connectivity index (χ1n) is 10.0. The van der Waals surface area contributed by atoms with Gasteiger partial charge in [0.1, 0.15) is 11.5 Å². The number of amidine groups is 1. The highest BCUT2D eigenvalue weighted by Gasteiger charge is 2.44. The van der Waals surface area contributed by atoms with E-state index in [-0.39, 0.29) is 23.9 Å². The molecule has 0 saturated heterocycles. The molecule has 1 unspecified atom stereocenters. The first-order chi connectivity index (χ1) is 15.8. The molecule has 1 aliphatic rings. The number of halogens is 1. The van der Waals surface area contributed by atoms with Gasteiger partial charge in [-0.2, -0.15) is 10.1 Å². The number of amides is 1. The highest BCUT2D eigenvalue weighted by atomic mass is 35.5. The van der Waals surface area contributed by atoms with E-state index in [1.54, 1.807) is 48.5 Å². The number of carbonyl (C=O) groups is 1. The number of hydrogen-bond donors (Lipinski definition) is 4. The summed E-state index contributed by atoms with van der Waals surface area (Å²) in [6.07, 6.45) is 0. The van der Waals surface area contributed by atoms with E-state index in [1.807, 2.05) is 18.2 Å². The Morgan fingerprint density at radius 1 is 1.00 bits per heavy atom. The summed E-state index contributed by atoms with van der Waals surface area (Å²) >= 11 is 6.02. The van der Waals surface area contributed by atoms with Crippen molar-refractivity contribution in [2.75, 3.05) is 6.54 Å². The predicted molar refractivity (Wildman–Crippen MR) is 128 cm³/mol. The third-order valence-corrected chi connectivity index (χ3v) is 5.54. The standard InChI is InChI=1S/C24H21ClN6O2/c25-19-12-10-15(11-13-19)20-24(33,18-4-2-1-3-5-18)14-31(30-20)23(28)29-22(32)17-8-6-16(7-9-17)21(26)27/h1-13,33H,14H2,(H3,26,27)(H2,28,29,32). The van der Waals surface area contributed by atoms with Gasteiger partial charge in [0.2, 0.25) is 5.96 Å². The largest absolute Gasteiger partial charge is 0.384 e. The van der Waals surface area contributed by atoms with Crippen LogP contribution in [0.4, 0.5) is 0 Å². The van der Waals surface area contributed by atoms with E-state index in [9.17, 15) is 9.90 Å². The molecule has 3 aromatic rings. The lowest BCUT2D eigenvalue weighted by Crippen LogP contribution is -2.42. The van der Waals surface area contributed by atoms with Crippen LogP contribution in [0, 0.1) is 5.41 Å². The molecular weight excluding hydrogens is 440 g/mol. The zero-order chi connectivity index (χ0) is 23.6. The van der Waals surface area contributed by atoms with Crippen LogP contribution in [0.1, 0.15) is 27.0 Å². The Morgan fingerprint density at radius 3 is 2.21 bits per heavy atom. The van der Waals surface area contributed by atoms with Crippen LogP contribution in [0.3, 0.4) is 0 Å². The Balaban J connectivity index is 1.67. The normalized spacial score (nSPS) is 18.2. The summed E-state index contributed by atoms with van der Waals surface area (Å²) in [5.74, 6) is -0.840. The molecule has 0 bridgehead atoms. The van der Waals surface area contributed by atoms with Crippen molar-refractivity contribution in [2.24, 2.45) is 21.6 Å². The topological polar surface area (TPSA) is 141 Å². The monoisotopic (exact) mass is 460 g/mol. The molecule has 1 atom stereocenters. The number of hydrogen-bond acceptors (Lipinski definition) is 4. The molecule has 8 nitrogen and oxygen atoms in total. The molecule has 0 radical (unpaired) electrons. The van der Waals surface area contributed by atoms with Gasteiger partial charge >= 0.3 is 0 Å². The van der Waals surface area contributed by atoms with E-state index in [0.717, 1.165) is 0 Å². The number of nitrogen functional groups attached to an aromatic ring is 1. The Bertz CT molecular complexity index is 1260. The van der Waals surface area contributed by atoms with Gasteiger partial charge in [0.25, 0.3) is 5.91 Å². The first kappa shape index (κ1) is 22.2. The van der Waals surface area contributed by atoms with Gasteiger partial charge in [0, 0.05) is 21.7 Å². The van der Waals surface area contributed by atoms with Crippen molar-refractivity contribution in [3.63, 3.8) is 0 Å². The van der Waals surface area contributed by atoms with Gasteiger partial charge in [-0.3, -0.25) is 10.2 Å². The molecule has 4 rings (SSSR count). The lowest BCUT2D eigenvalue weighted by atomic mass is 9.86. The third kappa shape index (κ3) is 4.48. The average molecular weight is 461 g/mol. The summed E-state index contributed by atoms with van der Waals surface area (Å²) in [4.78, 5) is 16.6. The predicted octanol–water partition coefficient (Wildman–Crippen LogP) is 2.69. The molecule has 1 heterocycles. The molecule has 0 fully saturated rings. The summed E-state index contributed by atoms with van der Waals surface area (Å²) in [5, 5.41) is 25.5. The van der Waals surface area contributed by atoms with Crippen LogP contribution in [-0.2, 0) is 5.60 Å². The lowest BCUT2D eigenvalue weighted by Gasteiger charge is -2.25. The second-order valence-electron chi connectivity index (χ2n) is 7.51. The van der Waals surface area contributed by atoms with Crippen molar-refractivity contribution in [1.29, 1.82) is 5.41 Å². The van der Waals surface area contributed by atoms with Crippen LogP contribution < -0.4 is 11.5 Å². The van der Waals surface area contributed by atoms with Crippen LogP contribution >= 0.6 is 11.6 Å². The number of carbonyl (C=O) groups excluding carboxylic acids is 1. The highest BCUT2D eigenvalue weighted by Crippen LogP contribution is 2.33. The number of β-amino-alcohol motifs (C(OH)–C–C–N with tert-alkyl or cyclic N) is 1. The summed E-state index contributed by atoms with van der Waals surface area (Å²) in [6.45, 7) is -0.0269. The summed E-state index contributed by atoms with van der Waals surface area (Å²) in [6, 6.07) is 22.2. The maximum absolute atomic E-state index is 12.6. The van der Waals surface area contributed by atoms with Crippen LogP contribution in [0.25, 0.3) is 0 Å². The van der Waals surface area contributed by atoms with Crippen LogP contribution in [-0.4, -0.2) is 40.1 Å². The summed E-state index contributed by atoms with van der Waals surface area (Å²) in [5.41, 5.74) is 12.5. The van der Waals surface area contributed by atoms with Gasteiger partial charge < -0.3 is 16.6 Å². The number of guanidine groups is 1. The van der Waals surface area contributed by atoms with Crippen LogP contribution in [0.5, 0.6) is 0 Å². The zero-order valence-electron chi connectivity index (χ0n) is 17.4. The van der Waals surface area contributed by atoms with Crippen molar-refractivity contribution in [3.8, 4) is 0 Å². The quantitative estimate of drug-likeness (QED) is 0.350. The molecule has 0 saturated carbocycles. The van der Waals surface area contributed by atoms with Gasteiger partial charge in [-0.1, -0.05) is 66.2 Å². The maximum atomic E-state index is 12.6. The molecule has 0 aromatic heterocycles. The molecule has 6 N–H and O–H groups in total. The Kier molecular flexibility index (Phi) is 5.95. The molecule has 166 valence electrons. The second-order valence-corrected chi connectivity index (χ2v) is 7.94. The van der Waals surface area contributed by atoms with E-state index in [4.69, 9.17) is 28.5 Å². The molecular formula is C24H21ClN6O2. The number of aliphatic hydroxyl groups is 1. The molecule has 0 spiro atoms. The minimum Gasteiger partial charge on any atom is -0.384 e. The molecule has 0 aliphatic carbocycles. The minimum absolute atomic E-state index is 0.0269. The lowest BCUT2D eigenvalue weighted by molar-refractivity contribution is 0.0981. The van der Waals surface area contributed by atoms with Gasteiger partial charge in [0.15, 0.2) is 5.60 Å². The Hall–Kier alpha value is -4.01. The van der Waals surface area contributed by atoms with Gasteiger partial charge in [-0.15, -0.1) is 0 Å². The number of nitrogens with zero attached hydrogens (tertiary/aromatic N) is 3. The van der Waals surface area contributed by atoms with E-state index in [1.165, 1.54) is 17.1 Å². The average Bonchev–Trinajstić information content (AvgIpc) is 3.19. The molecule has 33 heavy (non-hydrogen) atoms. The molecule has 1 aliphatic heterocycles. The molecule has 1 amide bonds. The van der Waals surface area contributed by atoms with Crippen LogP contribution in [0.2, 0.25) is 5.02 Å². The van der Waals surface area contributed by atoms with Crippen molar-refractivity contribution >= 4 is 35.0 Å². The van der Waals surface area contributed by atoms with E-state index in [2.05, 4.69) is 10.1 Å². The molecule has 3 aromatic carbocycles. The van der Waals surface area contributed by atoms with Crippen molar-refractivity contribution in [3.05, 3.63) is 106 Å². The highest BCUT2D eigenvalue weighted by molar-refractivity contribution is 6.30.